The number of hydrogen-bond donors (Lipinski definition) is 1. The van der Waals surface area contributed by atoms with Crippen molar-refractivity contribution in [3.8, 4) is 12.3 Å². The van der Waals surface area contributed by atoms with Crippen molar-refractivity contribution in [3.63, 3.8) is 0 Å². The van der Waals surface area contributed by atoms with E-state index >= 15 is 0 Å². The van der Waals surface area contributed by atoms with Crippen LogP contribution in [0.4, 0.5) is 10.2 Å². The number of halogens is 1. The predicted octanol–water partition coefficient (Wildman–Crippen LogP) is 1.42. The average Bonchev–Trinajstić information content (AvgIpc) is 3.33. The lowest BCUT2D eigenvalue weighted by Crippen LogP contribution is -2.36. The molecular weight excluding hydrogens is 381 g/mol. The normalized spacial score (nSPS) is 36.1. The molecule has 5 heterocycles. The van der Waals surface area contributed by atoms with E-state index in [0.717, 1.165) is 0 Å². The molecule has 0 bridgehead atoms. The molecule has 0 radical (unpaired) electrons. The zero-order valence-corrected chi connectivity index (χ0v) is 16.1. The minimum atomic E-state index is -0.997. The number of hydrogen-bond acceptors (Lipinski definition) is 8. The van der Waals surface area contributed by atoms with E-state index in [4.69, 9.17) is 25.4 Å². The summed E-state index contributed by atoms with van der Waals surface area (Å²) in [6.45, 7) is 4.22. The van der Waals surface area contributed by atoms with Gasteiger partial charge in [0, 0.05) is 6.42 Å². The number of anilines is 1. The number of ether oxygens (including phenoxy) is 4. The Balaban J connectivity index is 1.45. The van der Waals surface area contributed by atoms with Crippen LogP contribution in [0.15, 0.2) is 12.7 Å². The molecule has 0 spiro atoms. The topological polar surface area (TPSA) is 92.6 Å². The van der Waals surface area contributed by atoms with Crippen molar-refractivity contribution in [2.45, 2.75) is 62.8 Å². The Labute approximate surface area is 166 Å². The zero-order chi connectivity index (χ0) is 20.2. The standard InChI is InChI=1S/C19H22FN5O4/c1-4-12-14-15(29-19(2,3)28-14)18(27-12)25-9-23-13-16(21-8-22-17(13)25)24-11-5-10(20)6-26-7-11/h1,8-12,14-15,18H,5-7H2,2-3H3,(H,21,22,24)/t10?,11?,12-,14-,15+,18-/m1/s1. The van der Waals surface area contributed by atoms with E-state index < -0.39 is 30.4 Å². The molecule has 3 aliphatic heterocycles. The molecule has 1 N–H and O–H groups in total. The summed E-state index contributed by atoms with van der Waals surface area (Å²) in [7, 11) is 0. The third-order valence-electron chi connectivity index (χ3n) is 5.33. The fourth-order valence-corrected chi connectivity index (χ4v) is 4.16. The van der Waals surface area contributed by atoms with E-state index in [1.165, 1.54) is 6.33 Å². The first-order valence-corrected chi connectivity index (χ1v) is 9.58. The lowest BCUT2D eigenvalue weighted by Gasteiger charge is -2.26. The van der Waals surface area contributed by atoms with Crippen LogP contribution in [-0.2, 0) is 18.9 Å². The average molecular weight is 403 g/mol. The predicted molar refractivity (Wildman–Crippen MR) is 99.6 cm³/mol. The highest BCUT2D eigenvalue weighted by Gasteiger charge is 2.55. The van der Waals surface area contributed by atoms with Crippen LogP contribution in [0.25, 0.3) is 11.2 Å². The molecule has 2 aromatic rings. The quantitative estimate of drug-likeness (QED) is 0.770. The van der Waals surface area contributed by atoms with Crippen molar-refractivity contribution in [2.75, 3.05) is 18.5 Å². The van der Waals surface area contributed by atoms with Gasteiger partial charge in [0.15, 0.2) is 29.0 Å². The molecule has 29 heavy (non-hydrogen) atoms. The number of fused-ring (bicyclic) bond motifs is 2. The summed E-state index contributed by atoms with van der Waals surface area (Å²) in [5, 5.41) is 3.22. The van der Waals surface area contributed by atoms with Crippen LogP contribution >= 0.6 is 0 Å². The second kappa shape index (κ2) is 6.88. The maximum Gasteiger partial charge on any atom is 0.167 e. The van der Waals surface area contributed by atoms with Gasteiger partial charge in [-0.15, -0.1) is 6.42 Å². The molecule has 3 saturated heterocycles. The molecule has 10 heteroatoms. The summed E-state index contributed by atoms with van der Waals surface area (Å²) < 4.78 is 38.7. The summed E-state index contributed by atoms with van der Waals surface area (Å²) in [6.07, 6.45) is 6.19. The Morgan fingerprint density at radius 3 is 2.86 bits per heavy atom. The van der Waals surface area contributed by atoms with Gasteiger partial charge in [-0.2, -0.15) is 0 Å². The number of rotatable bonds is 3. The molecule has 154 valence electrons. The molecule has 3 aliphatic rings. The highest BCUT2D eigenvalue weighted by Crippen LogP contribution is 2.43. The number of imidazole rings is 1. The highest BCUT2D eigenvalue weighted by atomic mass is 19.1. The molecule has 6 atom stereocenters. The molecule has 0 aliphatic carbocycles. The lowest BCUT2D eigenvalue weighted by molar-refractivity contribution is -0.190. The number of nitrogens with one attached hydrogen (secondary N) is 1. The van der Waals surface area contributed by atoms with Crippen LogP contribution in [0, 0.1) is 12.3 Å². The van der Waals surface area contributed by atoms with Crippen LogP contribution < -0.4 is 5.32 Å². The summed E-state index contributed by atoms with van der Waals surface area (Å²) in [5.74, 6) is 2.39. The van der Waals surface area contributed by atoms with Gasteiger partial charge in [-0.25, -0.2) is 19.3 Å². The minimum Gasteiger partial charge on any atom is -0.376 e. The van der Waals surface area contributed by atoms with Crippen molar-refractivity contribution >= 4 is 17.0 Å². The monoisotopic (exact) mass is 403 g/mol. The van der Waals surface area contributed by atoms with Crippen molar-refractivity contribution in [2.24, 2.45) is 0 Å². The second-order valence-corrected chi connectivity index (χ2v) is 7.94. The van der Waals surface area contributed by atoms with Gasteiger partial charge >= 0.3 is 0 Å². The first kappa shape index (κ1) is 18.7. The molecule has 0 saturated carbocycles. The van der Waals surface area contributed by atoms with Crippen molar-refractivity contribution < 1.29 is 23.3 Å². The first-order valence-electron chi connectivity index (χ1n) is 9.58. The van der Waals surface area contributed by atoms with Gasteiger partial charge in [0.2, 0.25) is 0 Å². The van der Waals surface area contributed by atoms with Gasteiger partial charge < -0.3 is 24.3 Å². The van der Waals surface area contributed by atoms with Gasteiger partial charge in [-0.3, -0.25) is 4.57 Å². The molecule has 9 nitrogen and oxygen atoms in total. The largest absolute Gasteiger partial charge is 0.376 e. The van der Waals surface area contributed by atoms with Crippen molar-refractivity contribution in [1.29, 1.82) is 0 Å². The van der Waals surface area contributed by atoms with Crippen LogP contribution in [0.3, 0.4) is 0 Å². The Bertz CT molecular complexity index is 960. The van der Waals surface area contributed by atoms with Gasteiger partial charge in [0.1, 0.15) is 30.8 Å². The summed E-state index contributed by atoms with van der Waals surface area (Å²) in [6, 6.07) is -0.188. The van der Waals surface area contributed by atoms with Gasteiger partial charge in [-0.05, 0) is 13.8 Å². The van der Waals surface area contributed by atoms with Crippen molar-refractivity contribution in [3.05, 3.63) is 12.7 Å². The SMILES string of the molecule is C#C[C@H]1O[C@@H](n2cnc3c(NC4COCC(F)C4)ncnc32)[C@H]2OC(C)(C)O[C@@H]21. The fourth-order valence-electron chi connectivity index (χ4n) is 4.16. The van der Waals surface area contributed by atoms with Crippen LogP contribution in [0.5, 0.6) is 0 Å². The van der Waals surface area contributed by atoms with Gasteiger partial charge in [0.25, 0.3) is 0 Å². The summed E-state index contributed by atoms with van der Waals surface area (Å²) in [5.41, 5.74) is 1.11. The molecule has 0 amide bonds. The molecule has 2 aromatic heterocycles. The van der Waals surface area contributed by atoms with Gasteiger partial charge in [0.05, 0.1) is 25.6 Å². The Morgan fingerprint density at radius 2 is 2.07 bits per heavy atom. The smallest absolute Gasteiger partial charge is 0.167 e. The van der Waals surface area contributed by atoms with Crippen LogP contribution in [0.2, 0.25) is 0 Å². The molecule has 3 fully saturated rings. The van der Waals surface area contributed by atoms with E-state index in [-0.39, 0.29) is 18.8 Å². The molecule has 5 rings (SSSR count). The molecule has 2 unspecified atom stereocenters. The van der Waals surface area contributed by atoms with E-state index in [2.05, 4.69) is 26.2 Å². The molecule has 0 aromatic carbocycles. The third kappa shape index (κ3) is 3.24. The van der Waals surface area contributed by atoms with E-state index in [0.29, 0.717) is 30.0 Å². The van der Waals surface area contributed by atoms with Crippen molar-refractivity contribution in [1.82, 2.24) is 19.5 Å². The first-order chi connectivity index (χ1) is 13.9. The van der Waals surface area contributed by atoms with Gasteiger partial charge in [-0.1, -0.05) is 5.92 Å². The van der Waals surface area contributed by atoms with Crippen LogP contribution in [-0.4, -0.2) is 69.0 Å². The number of terminal acetylenes is 1. The number of alkyl halides is 1. The minimum absolute atomic E-state index is 0.127. The van der Waals surface area contributed by atoms with E-state index in [9.17, 15) is 4.39 Å². The Morgan fingerprint density at radius 1 is 1.24 bits per heavy atom. The maximum absolute atomic E-state index is 13.6. The number of nitrogens with zero attached hydrogens (tertiary/aromatic N) is 4. The third-order valence-corrected chi connectivity index (χ3v) is 5.33. The lowest BCUT2D eigenvalue weighted by atomic mass is 10.1. The highest BCUT2D eigenvalue weighted by molar-refractivity contribution is 5.82. The summed E-state index contributed by atoms with van der Waals surface area (Å²) in [4.78, 5) is 13.1. The summed E-state index contributed by atoms with van der Waals surface area (Å²) >= 11 is 0. The second-order valence-electron chi connectivity index (χ2n) is 7.94. The van der Waals surface area contributed by atoms with E-state index in [1.807, 2.05) is 13.8 Å². The van der Waals surface area contributed by atoms with E-state index in [1.54, 1.807) is 10.9 Å². The maximum atomic E-state index is 13.6. The number of aromatic nitrogens is 4. The zero-order valence-electron chi connectivity index (χ0n) is 16.1. The Hall–Kier alpha value is -2.32. The fraction of sp³-hybridized carbons (Fsp3) is 0.632. The van der Waals surface area contributed by atoms with Crippen LogP contribution in [0.1, 0.15) is 26.5 Å². The Kier molecular flexibility index (Phi) is 4.43. The molecular formula is C19H22FN5O4.